The van der Waals surface area contributed by atoms with Gasteiger partial charge in [0.25, 0.3) is 0 Å². The Labute approximate surface area is 461 Å². The van der Waals surface area contributed by atoms with Crippen molar-refractivity contribution < 1.29 is 66.7 Å². The summed E-state index contributed by atoms with van der Waals surface area (Å²) in [7, 11) is 3.70. The van der Waals surface area contributed by atoms with E-state index in [1.54, 1.807) is 0 Å². The molecule has 0 spiro atoms. The number of likely N-dealkylation sites (N-methyl/N-ethyl adjacent to an activating group) is 1. The van der Waals surface area contributed by atoms with E-state index in [-0.39, 0.29) is 115 Å². The highest BCUT2D eigenvalue weighted by atomic mass is 16.6. The van der Waals surface area contributed by atoms with Gasteiger partial charge in [-0.15, -0.1) is 0 Å². The molecule has 0 aliphatic carbocycles. The minimum Gasteiger partial charge on any atom is -0.465 e. The molecule has 1 rings (SSSR count). The van der Waals surface area contributed by atoms with Crippen LogP contribution in [0.25, 0.3) is 0 Å². The maximum Gasteiger partial charge on any atom is 0.410 e. The van der Waals surface area contributed by atoms with Gasteiger partial charge >= 0.3 is 41.9 Å². The smallest absolute Gasteiger partial charge is 0.410 e. The third-order valence-electron chi connectivity index (χ3n) is 13.4. The van der Waals surface area contributed by atoms with Crippen LogP contribution in [0.3, 0.4) is 0 Å². The van der Waals surface area contributed by atoms with Crippen LogP contribution < -0.4 is 0 Å². The lowest BCUT2D eigenvalue weighted by Gasteiger charge is -2.24. The summed E-state index contributed by atoms with van der Waals surface area (Å²) in [6, 6.07) is -0.705. The first kappa shape index (κ1) is 72.0. The van der Waals surface area contributed by atoms with Crippen molar-refractivity contribution >= 4 is 41.9 Å². The summed E-state index contributed by atoms with van der Waals surface area (Å²) in [6.07, 6.45) is 26.4. The van der Waals surface area contributed by atoms with Crippen molar-refractivity contribution in [1.82, 2.24) is 9.80 Å². The van der Waals surface area contributed by atoms with Crippen LogP contribution in [0.1, 0.15) is 253 Å². The van der Waals surface area contributed by atoms with Crippen LogP contribution in [0.4, 0.5) is 4.79 Å². The van der Waals surface area contributed by atoms with Crippen LogP contribution in [-0.2, 0) is 61.9 Å². The van der Waals surface area contributed by atoms with Gasteiger partial charge in [-0.2, -0.15) is 0 Å². The molecule has 16 nitrogen and oxygen atoms in total. The van der Waals surface area contributed by atoms with Gasteiger partial charge < -0.3 is 38.1 Å². The lowest BCUT2D eigenvalue weighted by atomic mass is 10.1. The summed E-state index contributed by atoms with van der Waals surface area (Å²) >= 11 is 0. The summed E-state index contributed by atoms with van der Waals surface area (Å²) in [4.78, 5) is 94.4. The van der Waals surface area contributed by atoms with E-state index >= 15 is 0 Å². The molecular weight excluding hydrogens is 973 g/mol. The van der Waals surface area contributed by atoms with Crippen molar-refractivity contribution in [2.24, 2.45) is 11.8 Å². The minimum absolute atomic E-state index is 0.0222. The van der Waals surface area contributed by atoms with E-state index in [1.807, 2.05) is 19.0 Å². The number of ether oxygens (including phenoxy) is 7. The Kier molecular flexibility index (Phi) is 47.9. The molecule has 0 radical (unpaired) electrons. The quantitative estimate of drug-likeness (QED) is 0.0317. The Bertz CT molecular complexity index is 1430. The Balaban J connectivity index is 0.0000135. The summed E-state index contributed by atoms with van der Waals surface area (Å²) in [5.41, 5.74) is 0. The standard InChI is InChI=1S/C56H100N2O14.C4H10/c1-7-11-15-19-23-27-31-50(59)67-41-46(42-68-51(60)32-28-24-20-16-12-8-2)37-54(63)71-45-48-39-49(40-58(48)56(65)66-36-35-57(5)6)72-55(64)38-47(43-69-52(61)33-29-25-21-17-13-9-3)44-70-53(62)34-30-26-22-18-14-10-4;1-3-4-2/h46-49H,7-45H2,1-6H3;3-4H2,1-2H3/t48-,49+;/m1./s1. The van der Waals surface area contributed by atoms with Crippen molar-refractivity contribution in [2.75, 3.05) is 66.8 Å². The minimum atomic E-state index is -0.779. The second-order valence-corrected chi connectivity index (χ2v) is 21.2. The number of amides is 1. The van der Waals surface area contributed by atoms with Crippen LogP contribution in [-0.4, -0.2) is 131 Å². The van der Waals surface area contributed by atoms with E-state index in [2.05, 4.69) is 41.5 Å². The number of unbranched alkanes of at least 4 members (excludes halogenated alkanes) is 21. The topological polar surface area (TPSA) is 191 Å². The van der Waals surface area contributed by atoms with Gasteiger partial charge in [0, 0.05) is 50.5 Å². The molecule has 76 heavy (non-hydrogen) atoms. The normalized spacial score (nSPS) is 14.1. The molecule has 0 aromatic rings. The van der Waals surface area contributed by atoms with Crippen LogP contribution in [0.2, 0.25) is 0 Å². The summed E-state index contributed by atoms with van der Waals surface area (Å²) in [6.45, 7) is 12.8. The first-order valence-corrected chi connectivity index (χ1v) is 30.3. The fraction of sp³-hybridized carbons (Fsp3) is 0.883. The van der Waals surface area contributed by atoms with E-state index in [9.17, 15) is 33.6 Å². The number of likely N-dealkylation sites (tertiary alicyclic amines) is 1. The molecule has 0 N–H and O–H groups in total. The molecule has 1 aliphatic heterocycles. The fourth-order valence-electron chi connectivity index (χ4n) is 8.36. The van der Waals surface area contributed by atoms with Crippen molar-refractivity contribution in [2.45, 2.75) is 266 Å². The number of nitrogens with zero attached hydrogens (tertiary/aromatic N) is 2. The van der Waals surface area contributed by atoms with Crippen LogP contribution in [0, 0.1) is 11.8 Å². The van der Waals surface area contributed by atoms with E-state index in [1.165, 1.54) is 17.7 Å². The summed E-state index contributed by atoms with van der Waals surface area (Å²) in [5, 5.41) is 0. The molecule has 1 aliphatic rings. The van der Waals surface area contributed by atoms with E-state index < -0.39 is 42.0 Å². The molecule has 444 valence electrons. The molecule has 1 amide bonds. The van der Waals surface area contributed by atoms with E-state index in [0.29, 0.717) is 32.2 Å². The van der Waals surface area contributed by atoms with Crippen molar-refractivity contribution in [3.8, 4) is 0 Å². The molecule has 1 saturated heterocycles. The molecule has 0 bridgehead atoms. The SMILES string of the molecule is CCCC.CCCCCCCCC(=O)OCC(COC(=O)CCCCCCCC)CC(=O)OC[C@H]1C[C@H](OC(=O)CC(COC(=O)CCCCCCCC)COC(=O)CCCCCCCC)CN1C(=O)OCCN(C)C. The molecule has 1 fully saturated rings. The van der Waals surface area contributed by atoms with Gasteiger partial charge in [-0.3, -0.25) is 33.7 Å². The molecule has 0 aromatic heterocycles. The van der Waals surface area contributed by atoms with E-state index in [0.717, 1.165) is 128 Å². The third-order valence-corrected chi connectivity index (χ3v) is 13.4. The predicted octanol–water partition coefficient (Wildman–Crippen LogP) is 13.2. The first-order chi connectivity index (χ1) is 36.7. The molecule has 0 unspecified atom stereocenters. The molecular formula is C60H110N2O14. The number of carbonyl (C=O) groups excluding carboxylic acids is 7. The molecule has 0 saturated carbocycles. The average Bonchev–Trinajstić information content (AvgIpc) is 3.81. The van der Waals surface area contributed by atoms with Gasteiger partial charge in [0.2, 0.25) is 0 Å². The van der Waals surface area contributed by atoms with Crippen LogP contribution >= 0.6 is 0 Å². The van der Waals surface area contributed by atoms with E-state index in [4.69, 9.17) is 33.2 Å². The highest BCUT2D eigenvalue weighted by molar-refractivity contribution is 5.73. The maximum absolute atomic E-state index is 13.6. The lowest BCUT2D eigenvalue weighted by Crippen LogP contribution is -2.40. The number of esters is 6. The summed E-state index contributed by atoms with van der Waals surface area (Å²) < 4.78 is 39.5. The van der Waals surface area contributed by atoms with Gasteiger partial charge in [-0.05, 0) is 39.8 Å². The van der Waals surface area contributed by atoms with Crippen LogP contribution in [0.15, 0.2) is 0 Å². The highest BCUT2D eigenvalue weighted by Gasteiger charge is 2.39. The number of rotatable bonds is 47. The van der Waals surface area contributed by atoms with Crippen molar-refractivity contribution in [3.63, 3.8) is 0 Å². The zero-order valence-corrected chi connectivity index (χ0v) is 49.4. The Morgan fingerprint density at radius 3 is 1.11 bits per heavy atom. The molecule has 1 heterocycles. The largest absolute Gasteiger partial charge is 0.465 e. The van der Waals surface area contributed by atoms with Gasteiger partial charge in [-0.1, -0.05) is 183 Å². The number of hydrogen-bond acceptors (Lipinski definition) is 15. The van der Waals surface area contributed by atoms with Gasteiger partial charge in [0.05, 0.1) is 51.9 Å². The van der Waals surface area contributed by atoms with Crippen molar-refractivity contribution in [3.05, 3.63) is 0 Å². The third kappa shape index (κ3) is 43.1. The monoisotopic (exact) mass is 1080 g/mol. The second-order valence-electron chi connectivity index (χ2n) is 21.2. The number of hydrogen-bond donors (Lipinski definition) is 0. The average molecular weight is 1080 g/mol. The fourth-order valence-corrected chi connectivity index (χ4v) is 8.36. The second kappa shape index (κ2) is 50.5. The number of carbonyl (C=O) groups is 7. The van der Waals surface area contributed by atoms with Gasteiger partial charge in [0.15, 0.2) is 0 Å². The highest BCUT2D eigenvalue weighted by Crippen LogP contribution is 2.24. The predicted molar refractivity (Wildman–Crippen MR) is 298 cm³/mol. The summed E-state index contributed by atoms with van der Waals surface area (Å²) in [5.74, 6) is -4.07. The molecule has 16 heteroatoms. The zero-order valence-electron chi connectivity index (χ0n) is 49.4. The molecule has 0 aromatic carbocycles. The van der Waals surface area contributed by atoms with Gasteiger partial charge in [0.1, 0.15) is 19.3 Å². The Hall–Kier alpha value is -3.95. The molecule has 2 atom stereocenters. The zero-order chi connectivity index (χ0) is 56.4. The maximum atomic E-state index is 13.6. The lowest BCUT2D eigenvalue weighted by molar-refractivity contribution is -0.157. The van der Waals surface area contributed by atoms with Crippen LogP contribution in [0.5, 0.6) is 0 Å². The van der Waals surface area contributed by atoms with Crippen molar-refractivity contribution in [1.29, 1.82) is 0 Å². The first-order valence-electron chi connectivity index (χ1n) is 30.3. The van der Waals surface area contributed by atoms with Gasteiger partial charge in [-0.25, -0.2) is 4.79 Å². The Morgan fingerprint density at radius 2 is 0.763 bits per heavy atom. The Morgan fingerprint density at radius 1 is 0.421 bits per heavy atom.